The van der Waals surface area contributed by atoms with Crippen LogP contribution < -0.4 is 72.9 Å². The largest absolute Gasteiger partial charge is 0.508 e. The molecule has 682 valence electrons. The van der Waals surface area contributed by atoms with Crippen LogP contribution >= 0.6 is 23.2 Å². The van der Waals surface area contributed by atoms with Gasteiger partial charge in [0.05, 0.1) is 60.1 Å². The molecule has 3 saturated heterocycles. The van der Waals surface area contributed by atoms with Crippen LogP contribution in [0.5, 0.6) is 51.7 Å². The molecule has 8 heterocycles. The van der Waals surface area contributed by atoms with Gasteiger partial charge < -0.3 is 148 Å². The Balaban J connectivity index is 1.06. The van der Waals surface area contributed by atoms with Gasteiger partial charge in [-0.3, -0.25) is 33.6 Å². The van der Waals surface area contributed by atoms with Gasteiger partial charge in [-0.1, -0.05) is 100.0 Å². The maximum Gasteiger partial charge on any atom is 0.330 e. The van der Waals surface area contributed by atoms with Crippen LogP contribution in [0.25, 0.3) is 11.1 Å². The number of aliphatic hydroxyl groups is 6. The Morgan fingerprint density at radius 1 is 0.659 bits per heavy atom. The van der Waals surface area contributed by atoms with E-state index < -0.39 is 261 Å². The molecule has 0 aromatic heterocycles. The van der Waals surface area contributed by atoms with Crippen molar-refractivity contribution in [1.82, 2.24) is 42.5 Å². The molecule has 0 spiro atoms. The lowest BCUT2D eigenvalue weighted by molar-refractivity contribution is -0.334. The highest BCUT2D eigenvalue weighted by molar-refractivity contribution is 6.32. The average Bonchev–Trinajstić information content (AvgIpc) is 0.761. The van der Waals surface area contributed by atoms with E-state index in [4.69, 9.17) is 77.3 Å². The van der Waals surface area contributed by atoms with Crippen molar-refractivity contribution in [3.8, 4) is 62.9 Å². The smallest absolute Gasteiger partial charge is 0.330 e. The van der Waals surface area contributed by atoms with Crippen LogP contribution in [-0.4, -0.2) is 222 Å². The quantitative estimate of drug-likeness (QED) is 0.0350. The van der Waals surface area contributed by atoms with Gasteiger partial charge >= 0.3 is 5.97 Å². The summed E-state index contributed by atoms with van der Waals surface area (Å²) in [5.74, 6) is -15.4. The van der Waals surface area contributed by atoms with E-state index in [0.717, 1.165) is 86.2 Å². The molecular weight excluding hydrogens is 1690 g/mol. The third-order valence-electron chi connectivity index (χ3n) is 23.2. The highest BCUT2D eigenvalue weighted by atomic mass is 35.5. The highest BCUT2D eigenvalue weighted by Gasteiger charge is 2.53. The maximum atomic E-state index is 16.6. The number of phenolic OH excluding ortho intramolecular Hbond substituents is 3. The van der Waals surface area contributed by atoms with Crippen molar-refractivity contribution >= 4 is 70.5 Å². The van der Waals surface area contributed by atoms with Crippen LogP contribution in [0.2, 0.25) is 10.0 Å². The number of carboxylic acid groups (broad SMARTS) is 1. The number of ether oxygens (including phenoxy) is 9. The fraction of sp³-hybridized carbons (Fsp3) is 0.494. The normalized spacial score (nSPS) is 29.6. The Hall–Kier alpha value is -10.3. The monoisotopic (exact) mass is 1790 g/mol. The Kier molecular flexibility index (Phi) is 30.4. The Morgan fingerprint density at radius 3 is 1.90 bits per heavy atom. The third kappa shape index (κ3) is 21.6. The number of hydrogen-bond acceptors (Lipinski definition) is 29. The molecular formula is C87H108Cl2N10O27. The van der Waals surface area contributed by atoms with Gasteiger partial charge in [0, 0.05) is 53.2 Å². The molecule has 0 radical (unpaired) electrons. The van der Waals surface area contributed by atoms with Gasteiger partial charge in [0.1, 0.15) is 95.2 Å². The number of carboxylic acids is 1. The highest BCUT2D eigenvalue weighted by Crippen LogP contribution is 2.51. The van der Waals surface area contributed by atoms with Crippen LogP contribution in [0.4, 0.5) is 0 Å². The standard InChI is InChI=1S/C87H108Cl2N10O27/c1-9-10-11-12-13-24-118-47-19-14-41(15-20-47)36-93-87(7)35-63(120-40(5)77(87)109)125-75-72(107)71(106)60(37-100)123-85(75)126-74-58-29-45-30-59(74)122-57-23-18-44(28-51(57)89)73(124-62-34-86(6,91)76(108)39(4)119-62)69-83(115)97-67(84(116)117)49-31-46(101)32-55(103)64(49)48-26-42(16-21-54(48)102)65(80(112)99-69)96-81(113)66(45)95-79(111)53(33-61(90)104)94-82(114)68(98-78(110)52(92-8)25-38(2)3)70(105)43-17-22-56(121-58)50(88)27-43/h14-23,26-32,38-40,52-53,60,62-63,65-73,75-77,85,92-93,100-103,105-109H,9-13,24-25,33-37,91H2,1-8H3,(H2,90,104)(H,94,114)(H,95,111)(H,96,113)(H,97,115)(H,98,110)(H,99,112)(H,116,117)/t39-,40-,52+,53-,60+,62-,63-,65+,66+,67-,68+,69-,70+,71+,72-,73+,75+,76-,77-,85-,86-,87-/m0/s1. The average molecular weight is 1800 g/mol. The predicted molar refractivity (Wildman–Crippen MR) is 449 cm³/mol. The minimum Gasteiger partial charge on any atom is -0.508 e. The van der Waals surface area contributed by atoms with E-state index in [0.29, 0.717) is 12.4 Å². The van der Waals surface area contributed by atoms with E-state index in [1.54, 1.807) is 13.8 Å². The summed E-state index contributed by atoms with van der Waals surface area (Å²) < 4.78 is 58.9. The summed E-state index contributed by atoms with van der Waals surface area (Å²) in [4.78, 5) is 121. The number of fused-ring (bicyclic) bond motifs is 15. The number of halogens is 2. The first kappa shape index (κ1) is 94.8. The van der Waals surface area contributed by atoms with E-state index >= 15 is 24.0 Å². The van der Waals surface area contributed by atoms with Crippen LogP contribution in [0.15, 0.2) is 103 Å². The summed E-state index contributed by atoms with van der Waals surface area (Å²) in [6.45, 7) is 11.8. The number of unbranched alkanes of at least 4 members (excludes halogenated alkanes) is 4. The van der Waals surface area contributed by atoms with E-state index in [2.05, 4.69) is 49.5 Å². The van der Waals surface area contributed by atoms with Gasteiger partial charge in [-0.2, -0.15) is 0 Å². The summed E-state index contributed by atoms with van der Waals surface area (Å²) in [7, 11) is 1.48. The van der Waals surface area contributed by atoms with Crippen LogP contribution in [-0.2, 0) is 68.6 Å². The number of hydrogen-bond donors (Lipinski definition) is 20. The fourth-order valence-electron chi connectivity index (χ4n) is 16.3. The molecule has 0 saturated carbocycles. The maximum absolute atomic E-state index is 16.6. The summed E-state index contributed by atoms with van der Waals surface area (Å²) in [5, 5.41) is 138. The summed E-state index contributed by atoms with van der Waals surface area (Å²) in [6, 6.07) is 7.07. The number of carbonyl (C=O) groups is 8. The van der Waals surface area contributed by atoms with Crippen molar-refractivity contribution in [2.24, 2.45) is 17.4 Å². The zero-order valence-corrected chi connectivity index (χ0v) is 71.8. The lowest BCUT2D eigenvalue weighted by atomic mass is 9.84. The molecule has 0 unspecified atom stereocenters. The SMILES string of the molecule is CCCCCCCOc1ccc(CN[C@@]2(C)C[C@H](O[C@H]3[C@H](Oc4c5cc6cc4Oc4ccc(cc4Cl)[C@@H](O[C@H]4C[C@](C)(N)[C@@H](O)[C@H](C)O4)[C@@H]4NC(=O)[C@H](NC(=O)[C@@H]6NC(=O)[C@H](CC(N)=O)NC(=O)[C@H](NC(=O)[C@@H](CC(C)C)NC)[C@H](O)c6ccc(c(Cl)c6)O5)c5ccc(O)c(c5)-c5c(O)cc(O)cc5[C@@H](C(=O)O)NC4=O)O[C@H](CO)[C@@H](O)[C@@H]3O)O[C@@H](C)[C@@H]2O)cc1. The number of nitrogens with two attached hydrogens (primary N) is 2. The third-order valence-corrected chi connectivity index (χ3v) is 23.8. The molecule has 0 aliphatic carbocycles. The van der Waals surface area contributed by atoms with Gasteiger partial charge in [-0.25, -0.2) is 4.79 Å². The lowest BCUT2D eigenvalue weighted by Crippen LogP contribution is -2.65. The molecule has 39 heteroatoms. The zero-order valence-electron chi connectivity index (χ0n) is 70.2. The van der Waals surface area contributed by atoms with Crippen molar-refractivity contribution < 1.29 is 132 Å². The summed E-state index contributed by atoms with van der Waals surface area (Å²) in [6.07, 6.45) is -17.6. The number of rotatable bonds is 25. The van der Waals surface area contributed by atoms with Gasteiger partial charge in [0.2, 0.25) is 53.4 Å². The molecule has 6 aromatic carbocycles. The lowest BCUT2D eigenvalue weighted by Gasteiger charge is -2.48. The van der Waals surface area contributed by atoms with Crippen LogP contribution in [0, 0.1) is 5.92 Å². The van der Waals surface area contributed by atoms with Crippen molar-refractivity contribution in [3.63, 3.8) is 0 Å². The second kappa shape index (κ2) is 40.3. The minimum absolute atomic E-state index is 0.117. The number of likely N-dealkylation sites (N-methyl/N-ethyl adjacent to an activating group) is 1. The molecule has 14 rings (SSSR count). The van der Waals surface area contributed by atoms with Crippen molar-refractivity contribution in [3.05, 3.63) is 147 Å². The Bertz CT molecular complexity index is 5000. The van der Waals surface area contributed by atoms with Crippen molar-refractivity contribution in [2.45, 2.75) is 246 Å². The summed E-state index contributed by atoms with van der Waals surface area (Å²) in [5.41, 5.74) is 7.83. The minimum atomic E-state index is -2.39. The fourth-order valence-corrected chi connectivity index (χ4v) is 16.8. The molecule has 126 heavy (non-hydrogen) atoms. The molecule has 37 nitrogen and oxygen atoms in total. The first-order chi connectivity index (χ1) is 59.8. The first-order valence-electron chi connectivity index (χ1n) is 41.5. The first-order valence-corrected chi connectivity index (χ1v) is 42.3. The van der Waals surface area contributed by atoms with E-state index in [1.165, 1.54) is 51.2 Å². The topological polar surface area (TPSA) is 570 Å². The number of benzene rings is 6. The molecule has 11 bridgehead atoms. The number of phenols is 3. The van der Waals surface area contributed by atoms with E-state index in [-0.39, 0.29) is 59.2 Å². The molecule has 22 atom stereocenters. The number of amides is 7. The molecule has 6 aromatic rings. The number of aliphatic hydroxyl groups excluding tert-OH is 6. The number of carbonyl (C=O) groups excluding carboxylic acids is 7. The molecule has 3 fully saturated rings. The molecule has 22 N–H and O–H groups in total. The number of aromatic hydroxyl groups is 3. The number of primary amides is 1. The molecule has 8 aliphatic heterocycles. The van der Waals surface area contributed by atoms with Gasteiger partial charge in [-0.05, 0) is 148 Å². The van der Waals surface area contributed by atoms with Crippen LogP contribution in [0.1, 0.15) is 170 Å². The number of nitrogens with one attached hydrogen (secondary N) is 8. The summed E-state index contributed by atoms with van der Waals surface area (Å²) >= 11 is 14.7. The Morgan fingerprint density at radius 2 is 1.28 bits per heavy atom. The van der Waals surface area contributed by atoms with Crippen LogP contribution in [0.3, 0.4) is 0 Å². The van der Waals surface area contributed by atoms with Gasteiger partial charge in [-0.15, -0.1) is 0 Å². The Labute approximate surface area is 734 Å². The predicted octanol–water partition coefficient (Wildman–Crippen LogP) is 4.52. The van der Waals surface area contributed by atoms with Gasteiger partial charge in [0.15, 0.2) is 36.2 Å². The van der Waals surface area contributed by atoms with E-state index in [1.807, 2.05) is 38.1 Å². The molecule has 8 aliphatic rings. The van der Waals surface area contributed by atoms with Gasteiger partial charge in [0.25, 0.3) is 0 Å². The van der Waals surface area contributed by atoms with Crippen molar-refractivity contribution in [2.75, 3.05) is 20.3 Å². The van der Waals surface area contributed by atoms with Crippen molar-refractivity contribution in [1.29, 1.82) is 0 Å². The second-order valence-electron chi connectivity index (χ2n) is 33.4. The van der Waals surface area contributed by atoms with E-state index in [9.17, 15) is 65.4 Å². The molecule has 7 amide bonds. The number of aliphatic carboxylic acids is 1. The zero-order chi connectivity index (χ0) is 91.2. The second-order valence-corrected chi connectivity index (χ2v) is 34.2.